The molecular formula is C17H27NOS. The molecule has 0 bridgehead atoms. The summed E-state index contributed by atoms with van der Waals surface area (Å²) >= 11 is 0. The van der Waals surface area contributed by atoms with Crippen molar-refractivity contribution in [3.05, 3.63) is 47.5 Å². The molecule has 1 aromatic carbocycles. The van der Waals surface area contributed by atoms with Gasteiger partial charge in [0.2, 0.25) is 0 Å². The van der Waals surface area contributed by atoms with Crippen molar-refractivity contribution in [3.63, 3.8) is 0 Å². The van der Waals surface area contributed by atoms with E-state index in [2.05, 4.69) is 42.0 Å². The fourth-order valence-corrected chi connectivity index (χ4v) is 2.76. The minimum atomic E-state index is -1.04. The maximum absolute atomic E-state index is 12.3. The largest absolute Gasteiger partial charge is 0.242 e. The Labute approximate surface area is 126 Å². The van der Waals surface area contributed by atoms with E-state index in [0.717, 1.165) is 12.8 Å². The van der Waals surface area contributed by atoms with E-state index in [-0.39, 0.29) is 10.8 Å². The lowest BCUT2D eigenvalue weighted by Gasteiger charge is -2.25. The molecule has 0 spiro atoms. The Morgan fingerprint density at radius 2 is 1.90 bits per heavy atom. The molecule has 1 rings (SSSR count). The second kappa shape index (κ2) is 7.75. The van der Waals surface area contributed by atoms with Crippen molar-refractivity contribution >= 4 is 11.0 Å². The second-order valence-electron chi connectivity index (χ2n) is 6.11. The number of nitrogens with one attached hydrogen (secondary N) is 1. The van der Waals surface area contributed by atoms with Gasteiger partial charge in [-0.05, 0) is 53.0 Å². The molecule has 0 aliphatic carbocycles. The Bertz CT molecular complexity index is 460. The molecule has 0 aromatic heterocycles. The molecule has 20 heavy (non-hydrogen) atoms. The summed E-state index contributed by atoms with van der Waals surface area (Å²) in [5.41, 5.74) is 2.57. The van der Waals surface area contributed by atoms with E-state index in [1.165, 1.54) is 11.1 Å². The number of rotatable bonds is 6. The van der Waals surface area contributed by atoms with Gasteiger partial charge in [-0.15, -0.1) is 0 Å². The predicted octanol–water partition coefficient (Wildman–Crippen LogP) is 4.01. The summed E-state index contributed by atoms with van der Waals surface area (Å²) in [6.07, 6.45) is 4.05. The molecule has 0 fully saturated rings. The lowest BCUT2D eigenvalue weighted by atomic mass is 10.0. The third kappa shape index (κ3) is 5.59. The summed E-state index contributed by atoms with van der Waals surface area (Å²) < 4.78 is 15.3. The highest BCUT2D eigenvalue weighted by Gasteiger charge is 2.23. The quantitative estimate of drug-likeness (QED) is 0.789. The molecule has 2 nitrogen and oxygen atoms in total. The zero-order chi connectivity index (χ0) is 15.2. The third-order valence-corrected chi connectivity index (χ3v) is 4.99. The zero-order valence-electron chi connectivity index (χ0n) is 13.3. The van der Waals surface area contributed by atoms with E-state index >= 15 is 0 Å². The molecule has 1 aromatic rings. The van der Waals surface area contributed by atoms with Gasteiger partial charge < -0.3 is 0 Å². The first-order valence-corrected chi connectivity index (χ1v) is 8.34. The molecule has 0 aliphatic rings. The van der Waals surface area contributed by atoms with E-state index in [1.807, 2.05) is 33.8 Å². The van der Waals surface area contributed by atoms with Crippen LogP contribution >= 0.6 is 0 Å². The molecule has 0 amide bonds. The van der Waals surface area contributed by atoms with E-state index in [1.54, 1.807) is 0 Å². The molecule has 0 unspecified atom stereocenters. The SMILES string of the molecule is C/C=C(\C)[C@H](CCc1ccccc1)N[S@](=O)C(C)(C)C. The highest BCUT2D eigenvalue weighted by molar-refractivity contribution is 7.84. The van der Waals surface area contributed by atoms with Gasteiger partial charge >= 0.3 is 0 Å². The van der Waals surface area contributed by atoms with Crippen molar-refractivity contribution in [1.29, 1.82) is 0 Å². The molecule has 3 heteroatoms. The fourth-order valence-electron chi connectivity index (χ4n) is 1.84. The van der Waals surface area contributed by atoms with E-state index in [0.29, 0.717) is 0 Å². The van der Waals surface area contributed by atoms with Crippen LogP contribution in [0.2, 0.25) is 0 Å². The highest BCUT2D eigenvalue weighted by Crippen LogP contribution is 2.15. The van der Waals surface area contributed by atoms with Crippen LogP contribution in [0.25, 0.3) is 0 Å². The Morgan fingerprint density at radius 1 is 1.30 bits per heavy atom. The number of allylic oxidation sites excluding steroid dienone is 1. The maximum atomic E-state index is 12.3. The van der Waals surface area contributed by atoms with Gasteiger partial charge in [-0.2, -0.15) is 0 Å². The van der Waals surface area contributed by atoms with Crippen molar-refractivity contribution in [2.45, 2.75) is 58.2 Å². The van der Waals surface area contributed by atoms with Crippen molar-refractivity contribution in [2.24, 2.45) is 0 Å². The van der Waals surface area contributed by atoms with Gasteiger partial charge in [0.25, 0.3) is 0 Å². The Hall–Kier alpha value is -0.930. The Kier molecular flexibility index (Phi) is 6.63. The summed E-state index contributed by atoms with van der Waals surface area (Å²) in [4.78, 5) is 0. The number of benzene rings is 1. The topological polar surface area (TPSA) is 29.1 Å². The second-order valence-corrected chi connectivity index (χ2v) is 8.11. The number of hydrogen-bond acceptors (Lipinski definition) is 1. The molecule has 0 radical (unpaired) electrons. The molecule has 0 aliphatic heterocycles. The standard InChI is InChI=1S/C17H27NOS/c1-6-14(2)16(18-20(19)17(3,4)5)13-12-15-10-8-7-9-11-15/h6-11,16,18H,12-13H2,1-5H3/b14-6+/t16-,20+/m0/s1. The van der Waals surface area contributed by atoms with Crippen molar-refractivity contribution < 1.29 is 4.21 Å². The van der Waals surface area contributed by atoms with Crippen LogP contribution < -0.4 is 4.72 Å². The smallest absolute Gasteiger partial charge is 0.0975 e. The van der Waals surface area contributed by atoms with Crippen LogP contribution in [0.15, 0.2) is 42.0 Å². The van der Waals surface area contributed by atoms with Crippen molar-refractivity contribution in [1.82, 2.24) is 4.72 Å². The van der Waals surface area contributed by atoms with Crippen LogP contribution in [0, 0.1) is 0 Å². The van der Waals surface area contributed by atoms with E-state index in [4.69, 9.17) is 0 Å². The summed E-state index contributed by atoms with van der Waals surface area (Å²) in [5.74, 6) is 0. The fraction of sp³-hybridized carbons (Fsp3) is 0.529. The summed E-state index contributed by atoms with van der Waals surface area (Å²) in [6, 6.07) is 10.6. The predicted molar refractivity (Wildman–Crippen MR) is 89.0 cm³/mol. The first kappa shape index (κ1) is 17.1. The third-order valence-electron chi connectivity index (χ3n) is 3.37. The van der Waals surface area contributed by atoms with Crippen LogP contribution in [-0.2, 0) is 17.4 Å². The average Bonchev–Trinajstić information content (AvgIpc) is 2.42. The minimum Gasteiger partial charge on any atom is -0.242 e. The van der Waals surface area contributed by atoms with Gasteiger partial charge in [0.15, 0.2) is 0 Å². The molecule has 0 saturated carbocycles. The number of hydrogen-bond donors (Lipinski definition) is 1. The van der Waals surface area contributed by atoms with Gasteiger partial charge in [0.05, 0.1) is 15.7 Å². The summed E-state index contributed by atoms with van der Waals surface area (Å²) in [7, 11) is -1.04. The minimum absolute atomic E-state index is 0.167. The average molecular weight is 293 g/mol. The lowest BCUT2D eigenvalue weighted by molar-refractivity contribution is 0.593. The van der Waals surface area contributed by atoms with Crippen LogP contribution in [0.5, 0.6) is 0 Å². The van der Waals surface area contributed by atoms with E-state index < -0.39 is 11.0 Å². The molecule has 0 saturated heterocycles. The summed E-state index contributed by atoms with van der Waals surface area (Å²) in [5, 5.41) is 0. The van der Waals surface area contributed by atoms with Crippen molar-refractivity contribution in [3.8, 4) is 0 Å². The number of aryl methyl sites for hydroxylation is 1. The normalized spacial score (nSPS) is 15.9. The van der Waals surface area contributed by atoms with Gasteiger partial charge in [-0.3, -0.25) is 0 Å². The lowest BCUT2D eigenvalue weighted by Crippen LogP contribution is -2.40. The van der Waals surface area contributed by atoms with Crippen LogP contribution in [-0.4, -0.2) is 15.0 Å². The molecule has 112 valence electrons. The zero-order valence-corrected chi connectivity index (χ0v) is 14.1. The van der Waals surface area contributed by atoms with Crippen molar-refractivity contribution in [2.75, 3.05) is 0 Å². The van der Waals surface area contributed by atoms with Gasteiger partial charge in [-0.25, -0.2) is 8.93 Å². The van der Waals surface area contributed by atoms with Gasteiger partial charge in [0, 0.05) is 6.04 Å². The molecule has 1 N–H and O–H groups in total. The van der Waals surface area contributed by atoms with Crippen LogP contribution in [0.1, 0.15) is 46.6 Å². The monoisotopic (exact) mass is 293 g/mol. The Balaban J connectivity index is 2.69. The Morgan fingerprint density at radius 3 is 2.40 bits per heavy atom. The highest BCUT2D eigenvalue weighted by atomic mass is 32.2. The first-order chi connectivity index (χ1) is 9.34. The van der Waals surface area contributed by atoms with Gasteiger partial charge in [0.1, 0.15) is 0 Å². The summed E-state index contributed by atoms with van der Waals surface area (Å²) in [6.45, 7) is 10.1. The first-order valence-electron chi connectivity index (χ1n) is 7.19. The molecular weight excluding hydrogens is 266 g/mol. The van der Waals surface area contributed by atoms with E-state index in [9.17, 15) is 4.21 Å². The van der Waals surface area contributed by atoms with Crippen LogP contribution in [0.3, 0.4) is 0 Å². The maximum Gasteiger partial charge on any atom is 0.0975 e. The van der Waals surface area contributed by atoms with Crippen LogP contribution in [0.4, 0.5) is 0 Å². The molecule has 0 heterocycles. The molecule has 2 atom stereocenters. The van der Waals surface area contributed by atoms with Gasteiger partial charge in [-0.1, -0.05) is 42.0 Å².